The fourth-order valence-electron chi connectivity index (χ4n) is 3.06. The predicted octanol–water partition coefficient (Wildman–Crippen LogP) is 3.00. The highest BCUT2D eigenvalue weighted by Crippen LogP contribution is 2.29. The molecule has 7 nitrogen and oxygen atoms in total. The van der Waals surface area contributed by atoms with Crippen LogP contribution in [-0.2, 0) is 17.8 Å². The maximum absolute atomic E-state index is 12.8. The van der Waals surface area contributed by atoms with Gasteiger partial charge in [0.25, 0.3) is 5.91 Å². The van der Waals surface area contributed by atoms with Gasteiger partial charge in [-0.25, -0.2) is 0 Å². The number of carbonyl (C=O) groups is 1. The number of aryl methyl sites for hydroxylation is 1. The lowest BCUT2D eigenvalue weighted by molar-refractivity contribution is -0.122. The van der Waals surface area contributed by atoms with Gasteiger partial charge in [-0.2, -0.15) is 5.10 Å². The van der Waals surface area contributed by atoms with E-state index in [9.17, 15) is 4.79 Å². The van der Waals surface area contributed by atoms with Crippen molar-refractivity contribution in [3.63, 3.8) is 0 Å². The highest BCUT2D eigenvalue weighted by molar-refractivity contribution is 7.80. The first kappa shape index (κ1) is 20.9. The number of benzene rings is 1. The van der Waals surface area contributed by atoms with Crippen LogP contribution in [0, 0.1) is 0 Å². The Hall–Kier alpha value is -2.87. The van der Waals surface area contributed by atoms with Crippen molar-refractivity contribution in [2.75, 3.05) is 19.8 Å². The maximum Gasteiger partial charge on any atom is 0.276 e. The summed E-state index contributed by atoms with van der Waals surface area (Å²) in [5, 5.41) is 7.65. The van der Waals surface area contributed by atoms with Gasteiger partial charge >= 0.3 is 0 Å². The number of nitrogens with zero attached hydrogens (tertiary/aromatic N) is 3. The maximum atomic E-state index is 12.8. The van der Waals surface area contributed by atoms with E-state index in [1.807, 2.05) is 49.8 Å². The second kappa shape index (κ2) is 9.56. The van der Waals surface area contributed by atoms with E-state index in [1.54, 1.807) is 17.2 Å². The Balaban J connectivity index is 1.68. The molecule has 0 atom stereocenters. The number of nitrogens with one attached hydrogen (secondary N) is 1. The van der Waals surface area contributed by atoms with Gasteiger partial charge in [-0.15, -0.1) is 0 Å². The van der Waals surface area contributed by atoms with Gasteiger partial charge < -0.3 is 14.8 Å². The second-order valence-electron chi connectivity index (χ2n) is 6.47. The molecule has 0 saturated carbocycles. The van der Waals surface area contributed by atoms with Gasteiger partial charge in [-0.05, 0) is 63.2 Å². The zero-order valence-electron chi connectivity index (χ0n) is 17.0. The van der Waals surface area contributed by atoms with Crippen molar-refractivity contribution in [1.82, 2.24) is 20.0 Å². The van der Waals surface area contributed by atoms with Crippen molar-refractivity contribution >= 4 is 29.3 Å². The summed E-state index contributed by atoms with van der Waals surface area (Å²) in [5.41, 5.74) is 2.38. The van der Waals surface area contributed by atoms with Crippen LogP contribution in [-0.4, -0.2) is 45.5 Å². The van der Waals surface area contributed by atoms with Gasteiger partial charge in [0.1, 0.15) is 5.70 Å². The first-order valence-corrected chi connectivity index (χ1v) is 10.2. The summed E-state index contributed by atoms with van der Waals surface area (Å²) in [6.45, 7) is 8.29. The van der Waals surface area contributed by atoms with Gasteiger partial charge in [0.15, 0.2) is 16.6 Å². The summed E-state index contributed by atoms with van der Waals surface area (Å²) < 4.78 is 13.1. The fourth-order valence-corrected chi connectivity index (χ4v) is 3.34. The molecule has 1 aliphatic heterocycles. The molecule has 0 aliphatic carbocycles. The van der Waals surface area contributed by atoms with Crippen LogP contribution in [0.4, 0.5) is 0 Å². The third kappa shape index (κ3) is 4.95. The molecule has 0 radical (unpaired) electrons. The zero-order valence-corrected chi connectivity index (χ0v) is 17.8. The lowest BCUT2D eigenvalue weighted by Crippen LogP contribution is -2.32. The number of rotatable bonds is 9. The van der Waals surface area contributed by atoms with E-state index >= 15 is 0 Å². The Morgan fingerprint density at radius 3 is 2.62 bits per heavy atom. The molecule has 29 heavy (non-hydrogen) atoms. The van der Waals surface area contributed by atoms with Crippen molar-refractivity contribution in [3.05, 3.63) is 47.4 Å². The quantitative estimate of drug-likeness (QED) is 0.503. The molecular formula is C21H26N4O3S. The average Bonchev–Trinajstić information content (AvgIpc) is 3.27. The van der Waals surface area contributed by atoms with E-state index in [0.717, 1.165) is 23.4 Å². The van der Waals surface area contributed by atoms with E-state index in [4.69, 9.17) is 21.7 Å². The van der Waals surface area contributed by atoms with Crippen LogP contribution in [0.15, 0.2) is 36.3 Å². The molecule has 154 valence electrons. The zero-order chi connectivity index (χ0) is 20.8. The van der Waals surface area contributed by atoms with E-state index in [0.29, 0.717) is 42.7 Å². The minimum absolute atomic E-state index is 0.129. The van der Waals surface area contributed by atoms with E-state index < -0.39 is 0 Å². The SMILES string of the molecule is CCOc1ccc(CCN2C(=O)/C(=C\c3cnn(CC)c3)NC2=S)cc1OCC. The van der Waals surface area contributed by atoms with E-state index in [1.165, 1.54) is 0 Å². The molecule has 0 bridgehead atoms. The molecule has 8 heteroatoms. The van der Waals surface area contributed by atoms with Crippen molar-refractivity contribution in [3.8, 4) is 11.5 Å². The lowest BCUT2D eigenvalue weighted by atomic mass is 10.1. The lowest BCUT2D eigenvalue weighted by Gasteiger charge is -2.15. The Labute approximate surface area is 176 Å². The summed E-state index contributed by atoms with van der Waals surface area (Å²) in [6, 6.07) is 5.85. The third-order valence-electron chi connectivity index (χ3n) is 4.48. The summed E-state index contributed by atoms with van der Waals surface area (Å²) in [4.78, 5) is 14.3. The molecule has 1 saturated heterocycles. The number of ether oxygens (including phenoxy) is 2. The molecule has 2 heterocycles. The Kier molecular flexibility index (Phi) is 6.87. The largest absolute Gasteiger partial charge is 0.490 e. The number of hydrogen-bond donors (Lipinski definition) is 1. The topological polar surface area (TPSA) is 68.6 Å². The van der Waals surface area contributed by atoms with Crippen LogP contribution >= 0.6 is 12.2 Å². The first-order chi connectivity index (χ1) is 14.0. The van der Waals surface area contributed by atoms with Gasteiger partial charge in [0.05, 0.1) is 19.4 Å². The third-order valence-corrected chi connectivity index (χ3v) is 4.80. The number of thiocarbonyl (C=S) groups is 1. The van der Waals surface area contributed by atoms with Crippen molar-refractivity contribution in [1.29, 1.82) is 0 Å². The summed E-state index contributed by atoms with van der Waals surface area (Å²) >= 11 is 5.36. The van der Waals surface area contributed by atoms with Gasteiger partial charge in [0, 0.05) is 24.8 Å². The molecular weight excluding hydrogens is 388 g/mol. The molecule has 3 rings (SSSR count). The molecule has 2 aromatic rings. The minimum Gasteiger partial charge on any atom is -0.490 e. The van der Waals surface area contributed by atoms with Crippen LogP contribution in [0.2, 0.25) is 0 Å². The number of amides is 1. The van der Waals surface area contributed by atoms with Crippen LogP contribution in [0.3, 0.4) is 0 Å². The fraction of sp³-hybridized carbons (Fsp3) is 0.381. The summed E-state index contributed by atoms with van der Waals surface area (Å²) in [6.07, 6.45) is 6.05. The summed E-state index contributed by atoms with van der Waals surface area (Å²) in [7, 11) is 0. The molecule has 0 spiro atoms. The molecule has 1 aliphatic rings. The first-order valence-electron chi connectivity index (χ1n) is 9.81. The Morgan fingerprint density at radius 2 is 1.93 bits per heavy atom. The van der Waals surface area contributed by atoms with Gasteiger partial charge in [-0.3, -0.25) is 14.4 Å². The molecule has 1 fully saturated rings. The minimum atomic E-state index is -0.129. The monoisotopic (exact) mass is 414 g/mol. The van der Waals surface area contributed by atoms with E-state index in [-0.39, 0.29) is 5.91 Å². The molecule has 1 N–H and O–H groups in total. The van der Waals surface area contributed by atoms with Crippen molar-refractivity contribution in [2.24, 2.45) is 0 Å². The standard InChI is InChI=1S/C21H26N4O3S/c1-4-24-14-16(13-22-24)11-17-20(26)25(21(29)23-17)10-9-15-7-8-18(27-5-2)19(12-15)28-6-3/h7-8,11-14H,4-6,9-10H2,1-3H3,(H,23,29)/b17-11+. The van der Waals surface area contributed by atoms with Gasteiger partial charge in [0.2, 0.25) is 0 Å². The molecule has 1 amide bonds. The average molecular weight is 415 g/mol. The Morgan fingerprint density at radius 1 is 1.17 bits per heavy atom. The number of aromatic nitrogens is 2. The second-order valence-corrected chi connectivity index (χ2v) is 6.86. The van der Waals surface area contributed by atoms with Gasteiger partial charge in [-0.1, -0.05) is 6.07 Å². The Bertz CT molecular complexity index is 922. The normalized spacial score (nSPS) is 15.1. The molecule has 0 unspecified atom stereocenters. The number of carbonyl (C=O) groups excluding carboxylic acids is 1. The number of hydrogen-bond acceptors (Lipinski definition) is 5. The van der Waals surface area contributed by atoms with E-state index in [2.05, 4.69) is 10.4 Å². The van der Waals surface area contributed by atoms with Crippen molar-refractivity contribution < 1.29 is 14.3 Å². The van der Waals surface area contributed by atoms with Crippen LogP contribution < -0.4 is 14.8 Å². The highest BCUT2D eigenvalue weighted by atomic mass is 32.1. The highest BCUT2D eigenvalue weighted by Gasteiger charge is 2.30. The van der Waals surface area contributed by atoms with Crippen LogP contribution in [0.1, 0.15) is 31.9 Å². The summed E-state index contributed by atoms with van der Waals surface area (Å²) in [5.74, 6) is 1.31. The molecule has 1 aromatic heterocycles. The van der Waals surface area contributed by atoms with Crippen molar-refractivity contribution in [2.45, 2.75) is 33.7 Å². The van der Waals surface area contributed by atoms with Crippen LogP contribution in [0.5, 0.6) is 11.5 Å². The van der Waals surface area contributed by atoms with Crippen LogP contribution in [0.25, 0.3) is 6.08 Å². The molecule has 1 aromatic carbocycles. The smallest absolute Gasteiger partial charge is 0.276 e. The predicted molar refractivity (Wildman–Crippen MR) is 116 cm³/mol.